The first kappa shape index (κ1) is 27.9. The molecule has 0 bridgehead atoms. The van der Waals surface area contributed by atoms with Gasteiger partial charge < -0.3 is 14.4 Å². The Morgan fingerprint density at radius 3 is 2.31 bits per heavy atom. The Morgan fingerprint density at radius 1 is 0.974 bits per heavy atom. The summed E-state index contributed by atoms with van der Waals surface area (Å²) in [7, 11) is 0. The van der Waals surface area contributed by atoms with E-state index >= 15 is 8.78 Å². The first-order valence-electron chi connectivity index (χ1n) is 12.9. The van der Waals surface area contributed by atoms with Crippen molar-refractivity contribution in [1.82, 2.24) is 14.5 Å². The number of ether oxygens (including phenoxy) is 2. The first-order valence-corrected chi connectivity index (χ1v) is 12.9. The summed E-state index contributed by atoms with van der Waals surface area (Å²) >= 11 is 0. The first-order chi connectivity index (χ1) is 18.8. The SMILES string of the molecule is CCOCCN(C(=O)C(F)(F)c1ccccc1)C(C)c1nc2ccccc2c(=O)n1-c1ccc(OCC)cc1. The molecule has 0 spiro atoms. The van der Waals surface area contributed by atoms with Gasteiger partial charge in [-0.3, -0.25) is 14.2 Å². The molecule has 4 rings (SSSR count). The molecule has 204 valence electrons. The predicted molar refractivity (Wildman–Crippen MR) is 145 cm³/mol. The second-order valence-electron chi connectivity index (χ2n) is 8.87. The molecule has 4 aromatic rings. The second-order valence-corrected chi connectivity index (χ2v) is 8.87. The molecule has 7 nitrogen and oxygen atoms in total. The third kappa shape index (κ3) is 5.83. The van der Waals surface area contributed by atoms with E-state index in [-0.39, 0.29) is 24.5 Å². The summed E-state index contributed by atoms with van der Waals surface area (Å²) < 4.78 is 43.4. The van der Waals surface area contributed by atoms with E-state index in [1.54, 1.807) is 68.4 Å². The highest BCUT2D eigenvalue weighted by molar-refractivity contribution is 5.85. The number of carbonyl (C=O) groups excluding carboxylic acids is 1. The molecule has 9 heteroatoms. The fourth-order valence-corrected chi connectivity index (χ4v) is 4.41. The third-order valence-corrected chi connectivity index (χ3v) is 6.40. The van der Waals surface area contributed by atoms with Crippen LogP contribution in [0.25, 0.3) is 16.6 Å². The summed E-state index contributed by atoms with van der Waals surface area (Å²) in [6, 6.07) is 19.6. The van der Waals surface area contributed by atoms with Gasteiger partial charge in [0.2, 0.25) is 0 Å². The van der Waals surface area contributed by atoms with Crippen LogP contribution in [0.3, 0.4) is 0 Å². The van der Waals surface area contributed by atoms with Crippen molar-refractivity contribution in [3.63, 3.8) is 0 Å². The minimum absolute atomic E-state index is 0.0400. The Morgan fingerprint density at radius 2 is 1.64 bits per heavy atom. The number of fused-ring (bicyclic) bond motifs is 1. The Balaban J connectivity index is 1.86. The molecular weight excluding hydrogens is 504 g/mol. The quantitative estimate of drug-likeness (QED) is 0.237. The molecule has 1 unspecified atom stereocenters. The van der Waals surface area contributed by atoms with Crippen molar-refractivity contribution in [1.29, 1.82) is 0 Å². The number of carbonyl (C=O) groups is 1. The van der Waals surface area contributed by atoms with Crippen molar-refractivity contribution in [2.45, 2.75) is 32.7 Å². The number of rotatable bonds is 11. The van der Waals surface area contributed by atoms with Crippen LogP contribution < -0.4 is 10.3 Å². The van der Waals surface area contributed by atoms with Gasteiger partial charge in [-0.05, 0) is 57.2 Å². The minimum atomic E-state index is -3.80. The van der Waals surface area contributed by atoms with E-state index in [0.717, 1.165) is 4.90 Å². The monoisotopic (exact) mass is 535 g/mol. The molecule has 1 amide bonds. The maximum atomic E-state index is 15.5. The third-order valence-electron chi connectivity index (χ3n) is 6.40. The molecule has 1 aromatic heterocycles. The Bertz CT molecular complexity index is 1470. The van der Waals surface area contributed by atoms with E-state index in [1.165, 1.54) is 28.8 Å². The molecule has 0 aliphatic carbocycles. The summed E-state index contributed by atoms with van der Waals surface area (Å²) in [5.41, 5.74) is 0.0757. The highest BCUT2D eigenvalue weighted by atomic mass is 19.3. The van der Waals surface area contributed by atoms with Crippen molar-refractivity contribution in [2.24, 2.45) is 0 Å². The van der Waals surface area contributed by atoms with Crippen LogP contribution in [0.2, 0.25) is 0 Å². The van der Waals surface area contributed by atoms with E-state index in [4.69, 9.17) is 14.5 Å². The van der Waals surface area contributed by atoms with Crippen LogP contribution in [0.1, 0.15) is 38.2 Å². The lowest BCUT2D eigenvalue weighted by atomic mass is 10.1. The van der Waals surface area contributed by atoms with E-state index in [1.807, 2.05) is 6.92 Å². The molecule has 1 atom stereocenters. The number of hydrogen-bond donors (Lipinski definition) is 0. The second kappa shape index (κ2) is 12.2. The number of nitrogens with zero attached hydrogens (tertiary/aromatic N) is 3. The van der Waals surface area contributed by atoms with Crippen molar-refractivity contribution in [3.8, 4) is 11.4 Å². The number of halogens is 2. The van der Waals surface area contributed by atoms with Gasteiger partial charge in [0.05, 0.1) is 35.8 Å². The van der Waals surface area contributed by atoms with E-state index < -0.39 is 23.4 Å². The lowest BCUT2D eigenvalue weighted by Gasteiger charge is -2.33. The lowest BCUT2D eigenvalue weighted by Crippen LogP contribution is -2.46. The summed E-state index contributed by atoms with van der Waals surface area (Å²) in [5.74, 6) is -4.44. The van der Waals surface area contributed by atoms with Gasteiger partial charge in [0.25, 0.3) is 11.5 Å². The Kier molecular flexibility index (Phi) is 8.71. The normalized spacial score (nSPS) is 12.3. The minimum Gasteiger partial charge on any atom is -0.494 e. The molecule has 0 N–H and O–H groups in total. The Labute approximate surface area is 225 Å². The summed E-state index contributed by atoms with van der Waals surface area (Å²) in [5, 5.41) is 0.365. The number of para-hydroxylation sites is 1. The zero-order valence-corrected chi connectivity index (χ0v) is 22.1. The van der Waals surface area contributed by atoms with Gasteiger partial charge in [0.15, 0.2) is 0 Å². The van der Waals surface area contributed by atoms with E-state index in [9.17, 15) is 9.59 Å². The summed E-state index contributed by atoms with van der Waals surface area (Å²) in [6.07, 6.45) is 0. The zero-order chi connectivity index (χ0) is 28.0. The van der Waals surface area contributed by atoms with Gasteiger partial charge >= 0.3 is 5.92 Å². The van der Waals surface area contributed by atoms with Crippen LogP contribution in [-0.2, 0) is 15.5 Å². The van der Waals surface area contributed by atoms with E-state index in [0.29, 0.717) is 35.6 Å². The molecule has 0 aliphatic heterocycles. The number of alkyl halides is 2. The van der Waals surface area contributed by atoms with Crippen LogP contribution >= 0.6 is 0 Å². The largest absolute Gasteiger partial charge is 0.494 e. The van der Waals surface area contributed by atoms with Crippen molar-refractivity contribution in [2.75, 3.05) is 26.4 Å². The van der Waals surface area contributed by atoms with Crippen LogP contribution in [-0.4, -0.2) is 46.7 Å². The summed E-state index contributed by atoms with van der Waals surface area (Å²) in [6.45, 7) is 5.99. The van der Waals surface area contributed by atoms with Crippen molar-refractivity contribution in [3.05, 3.63) is 101 Å². The maximum Gasteiger partial charge on any atom is 0.349 e. The fourth-order valence-electron chi connectivity index (χ4n) is 4.41. The van der Waals surface area contributed by atoms with Crippen LogP contribution in [0.5, 0.6) is 5.75 Å². The smallest absolute Gasteiger partial charge is 0.349 e. The fraction of sp³-hybridized carbons (Fsp3) is 0.300. The van der Waals surface area contributed by atoms with Crippen molar-refractivity contribution < 1.29 is 23.0 Å². The number of amides is 1. The number of hydrogen-bond acceptors (Lipinski definition) is 5. The molecule has 0 aliphatic rings. The van der Waals surface area contributed by atoms with Gasteiger partial charge in [0.1, 0.15) is 11.6 Å². The number of benzene rings is 3. The standard InChI is InChI=1S/C30H31F2N3O4/c1-4-38-20-19-34(29(37)30(31,32)22-11-7-6-8-12-22)21(3)27-33-26-14-10-9-13-25(26)28(36)35(27)23-15-17-24(18-16-23)39-5-2/h6-18,21H,4-5,19-20H2,1-3H3. The van der Waals surface area contributed by atoms with Gasteiger partial charge in [-0.2, -0.15) is 8.78 Å². The van der Waals surface area contributed by atoms with Crippen LogP contribution in [0.4, 0.5) is 8.78 Å². The molecule has 3 aromatic carbocycles. The lowest BCUT2D eigenvalue weighted by molar-refractivity contribution is -0.162. The van der Waals surface area contributed by atoms with Gasteiger partial charge in [-0.1, -0.05) is 42.5 Å². The highest BCUT2D eigenvalue weighted by Crippen LogP contribution is 2.34. The molecule has 0 fully saturated rings. The van der Waals surface area contributed by atoms with Crippen LogP contribution in [0, 0.1) is 0 Å². The molecule has 0 saturated heterocycles. The number of aromatic nitrogens is 2. The highest BCUT2D eigenvalue weighted by Gasteiger charge is 2.45. The zero-order valence-electron chi connectivity index (χ0n) is 22.1. The predicted octanol–water partition coefficient (Wildman–Crippen LogP) is 5.50. The maximum absolute atomic E-state index is 15.5. The van der Waals surface area contributed by atoms with Gasteiger partial charge in [0, 0.05) is 18.7 Å². The molecule has 0 saturated carbocycles. The van der Waals surface area contributed by atoms with E-state index in [2.05, 4.69) is 0 Å². The van der Waals surface area contributed by atoms with Crippen LogP contribution in [0.15, 0.2) is 83.7 Å². The van der Waals surface area contributed by atoms with Gasteiger partial charge in [-0.25, -0.2) is 4.98 Å². The molecule has 39 heavy (non-hydrogen) atoms. The average Bonchev–Trinajstić information content (AvgIpc) is 2.96. The summed E-state index contributed by atoms with van der Waals surface area (Å²) in [4.78, 5) is 33.0. The van der Waals surface area contributed by atoms with Gasteiger partial charge in [-0.15, -0.1) is 0 Å². The topological polar surface area (TPSA) is 73.7 Å². The van der Waals surface area contributed by atoms with Crippen molar-refractivity contribution >= 4 is 16.8 Å². The Hall–Kier alpha value is -4.11. The average molecular weight is 536 g/mol. The molecular formula is C30H31F2N3O4. The molecule has 1 heterocycles. The molecule has 0 radical (unpaired) electrons.